The normalized spacial score (nSPS) is 29.5. The van der Waals surface area contributed by atoms with Gasteiger partial charge in [-0.25, -0.2) is 8.42 Å². The first kappa shape index (κ1) is 14.6. The molecule has 0 aliphatic heterocycles. The molecule has 7 heteroatoms. The lowest BCUT2D eigenvalue weighted by atomic mass is 10.00. The van der Waals surface area contributed by atoms with Gasteiger partial charge >= 0.3 is 5.97 Å². The van der Waals surface area contributed by atoms with E-state index in [2.05, 4.69) is 0 Å². The number of hydrogen-bond donors (Lipinski definition) is 1. The van der Waals surface area contributed by atoms with E-state index in [0.29, 0.717) is 25.7 Å². The van der Waals surface area contributed by atoms with Gasteiger partial charge in [0, 0.05) is 22.3 Å². The Kier molecular flexibility index (Phi) is 4.71. The third kappa shape index (κ3) is 3.77. The van der Waals surface area contributed by atoms with Crippen LogP contribution in [0.15, 0.2) is 0 Å². The first-order valence-electron chi connectivity index (χ1n) is 5.54. The number of carbonyl (C=O) groups is 1. The molecule has 1 aliphatic rings. The summed E-state index contributed by atoms with van der Waals surface area (Å²) in [5.41, 5.74) is 0. The van der Waals surface area contributed by atoms with Crippen molar-refractivity contribution in [3.05, 3.63) is 0 Å². The predicted octanol–water partition coefficient (Wildman–Crippen LogP) is 0.564. The number of hydrogen-bond acceptors (Lipinski definition) is 4. The second kappa shape index (κ2) is 5.48. The third-order valence-electron chi connectivity index (χ3n) is 3.21. The van der Waals surface area contributed by atoms with Gasteiger partial charge in [-0.3, -0.25) is 9.00 Å². The molecule has 1 rings (SSSR count). The van der Waals surface area contributed by atoms with Crippen LogP contribution < -0.4 is 0 Å². The van der Waals surface area contributed by atoms with Gasteiger partial charge in [-0.1, -0.05) is 6.42 Å². The van der Waals surface area contributed by atoms with Crippen molar-refractivity contribution in [2.24, 2.45) is 0 Å². The maximum Gasteiger partial charge on any atom is 0.318 e. The molecule has 4 unspecified atom stereocenters. The summed E-state index contributed by atoms with van der Waals surface area (Å²) in [5, 5.41) is 7.09. The van der Waals surface area contributed by atoms with Gasteiger partial charge in [-0.05, 0) is 26.2 Å². The molecule has 1 saturated carbocycles. The van der Waals surface area contributed by atoms with Crippen LogP contribution in [-0.2, 0) is 25.4 Å². The van der Waals surface area contributed by atoms with Crippen LogP contribution in [0.4, 0.5) is 0 Å². The van der Waals surface area contributed by atoms with Crippen molar-refractivity contribution >= 4 is 26.6 Å². The summed E-state index contributed by atoms with van der Waals surface area (Å²) in [6, 6.07) is 0. The number of carboxylic acids is 1. The Morgan fingerprint density at radius 3 is 2.47 bits per heavy atom. The summed E-state index contributed by atoms with van der Waals surface area (Å²) in [6.45, 7) is 1.41. The molecule has 0 bridgehead atoms. The lowest BCUT2D eigenvalue weighted by Crippen LogP contribution is -2.37. The van der Waals surface area contributed by atoms with Gasteiger partial charge in [0.1, 0.15) is 15.1 Å². The quantitative estimate of drug-likeness (QED) is 0.814. The van der Waals surface area contributed by atoms with Crippen molar-refractivity contribution in [2.45, 2.75) is 48.4 Å². The Morgan fingerprint density at radius 1 is 1.41 bits per heavy atom. The van der Waals surface area contributed by atoms with Crippen LogP contribution in [0.5, 0.6) is 0 Å². The highest BCUT2D eigenvalue weighted by atomic mass is 32.2. The molecule has 100 valence electrons. The van der Waals surface area contributed by atoms with E-state index in [-0.39, 0.29) is 5.25 Å². The van der Waals surface area contributed by atoms with Gasteiger partial charge in [0.15, 0.2) is 0 Å². The van der Waals surface area contributed by atoms with E-state index in [1.165, 1.54) is 13.2 Å². The zero-order chi connectivity index (χ0) is 13.2. The molecule has 0 heterocycles. The SMILES string of the molecule is CC(C(=O)O)S(=O)C1CCCC(S(C)(=O)=O)C1. The molecule has 0 aromatic rings. The Bertz CT molecular complexity index is 414. The molecule has 0 radical (unpaired) electrons. The van der Waals surface area contributed by atoms with Crippen LogP contribution in [-0.4, -0.2) is 45.7 Å². The zero-order valence-electron chi connectivity index (χ0n) is 9.96. The van der Waals surface area contributed by atoms with E-state index < -0.39 is 37.1 Å². The Morgan fingerprint density at radius 2 is 2.00 bits per heavy atom. The van der Waals surface area contributed by atoms with Gasteiger partial charge < -0.3 is 5.11 Å². The highest BCUT2D eigenvalue weighted by molar-refractivity contribution is 7.91. The number of aliphatic carboxylic acids is 1. The molecular formula is C10H18O5S2. The minimum Gasteiger partial charge on any atom is -0.480 e. The number of carboxylic acid groups (broad SMARTS) is 1. The van der Waals surface area contributed by atoms with Crippen molar-refractivity contribution in [3.63, 3.8) is 0 Å². The Labute approximate surface area is 104 Å². The second-order valence-corrected chi connectivity index (χ2v) is 8.91. The fourth-order valence-corrected chi connectivity index (χ4v) is 4.99. The summed E-state index contributed by atoms with van der Waals surface area (Å²) in [5.74, 6) is -1.09. The van der Waals surface area contributed by atoms with Gasteiger partial charge in [0.2, 0.25) is 0 Å². The van der Waals surface area contributed by atoms with E-state index >= 15 is 0 Å². The van der Waals surface area contributed by atoms with Crippen LogP contribution in [0, 0.1) is 0 Å². The van der Waals surface area contributed by atoms with Crippen molar-refractivity contribution in [2.75, 3.05) is 6.26 Å². The molecule has 0 saturated heterocycles. The van der Waals surface area contributed by atoms with Crippen LogP contribution in [0.3, 0.4) is 0 Å². The van der Waals surface area contributed by atoms with Crippen molar-refractivity contribution in [3.8, 4) is 0 Å². The Hall–Kier alpha value is -0.430. The zero-order valence-corrected chi connectivity index (χ0v) is 11.6. The molecule has 0 aromatic heterocycles. The molecule has 1 fully saturated rings. The van der Waals surface area contributed by atoms with Crippen molar-refractivity contribution < 1.29 is 22.5 Å². The maximum atomic E-state index is 11.9. The molecule has 1 N–H and O–H groups in total. The minimum atomic E-state index is -3.12. The van der Waals surface area contributed by atoms with Gasteiger partial charge in [-0.15, -0.1) is 0 Å². The fraction of sp³-hybridized carbons (Fsp3) is 0.900. The van der Waals surface area contributed by atoms with Crippen LogP contribution in [0.25, 0.3) is 0 Å². The monoisotopic (exact) mass is 282 g/mol. The topological polar surface area (TPSA) is 88.5 Å². The number of sulfone groups is 1. The molecule has 1 aliphatic carbocycles. The molecule has 5 nitrogen and oxygen atoms in total. The average Bonchev–Trinajstić information content (AvgIpc) is 2.26. The molecule has 0 aromatic carbocycles. The summed E-state index contributed by atoms with van der Waals surface area (Å²) < 4.78 is 34.8. The molecule has 4 atom stereocenters. The lowest BCUT2D eigenvalue weighted by Gasteiger charge is -2.28. The van der Waals surface area contributed by atoms with Crippen LogP contribution >= 0.6 is 0 Å². The Balaban J connectivity index is 2.74. The van der Waals surface area contributed by atoms with E-state index in [9.17, 15) is 17.4 Å². The molecule has 0 amide bonds. The second-order valence-electron chi connectivity index (χ2n) is 4.55. The highest BCUT2D eigenvalue weighted by Crippen LogP contribution is 2.28. The maximum absolute atomic E-state index is 11.9. The van der Waals surface area contributed by atoms with Gasteiger partial charge in [-0.2, -0.15) is 0 Å². The highest BCUT2D eigenvalue weighted by Gasteiger charge is 2.35. The van der Waals surface area contributed by atoms with Gasteiger partial charge in [0.25, 0.3) is 0 Å². The molecule has 0 spiro atoms. The van der Waals surface area contributed by atoms with Crippen molar-refractivity contribution in [1.29, 1.82) is 0 Å². The number of rotatable bonds is 4. The van der Waals surface area contributed by atoms with Crippen molar-refractivity contribution in [1.82, 2.24) is 0 Å². The summed E-state index contributed by atoms with van der Waals surface area (Å²) in [4.78, 5) is 10.8. The largest absolute Gasteiger partial charge is 0.480 e. The minimum absolute atomic E-state index is 0.311. The first-order valence-corrected chi connectivity index (χ1v) is 8.77. The van der Waals surface area contributed by atoms with Crippen LogP contribution in [0.2, 0.25) is 0 Å². The van der Waals surface area contributed by atoms with E-state index in [1.807, 2.05) is 0 Å². The summed E-state index contributed by atoms with van der Waals surface area (Å²) in [7, 11) is -4.62. The average molecular weight is 282 g/mol. The standard InChI is InChI=1S/C10H18O5S2/c1-7(10(11)12)16(13)8-4-3-5-9(6-8)17(2,14)15/h7-9H,3-6H2,1-2H3,(H,11,12). The smallest absolute Gasteiger partial charge is 0.318 e. The van der Waals surface area contributed by atoms with Gasteiger partial charge in [0.05, 0.1) is 5.25 Å². The van der Waals surface area contributed by atoms with E-state index in [0.717, 1.165) is 0 Å². The first-order chi connectivity index (χ1) is 7.73. The summed E-state index contributed by atoms with van der Waals surface area (Å²) >= 11 is 0. The molecule has 17 heavy (non-hydrogen) atoms. The molecular weight excluding hydrogens is 264 g/mol. The van der Waals surface area contributed by atoms with Crippen LogP contribution in [0.1, 0.15) is 32.6 Å². The lowest BCUT2D eigenvalue weighted by molar-refractivity contribution is -0.136. The summed E-state index contributed by atoms with van der Waals surface area (Å²) in [6.07, 6.45) is 3.44. The van der Waals surface area contributed by atoms with E-state index in [4.69, 9.17) is 5.11 Å². The fourth-order valence-electron chi connectivity index (χ4n) is 2.09. The predicted molar refractivity (Wildman–Crippen MR) is 66.1 cm³/mol. The third-order valence-corrected chi connectivity index (χ3v) is 6.83. The van der Waals surface area contributed by atoms with E-state index in [1.54, 1.807) is 0 Å².